The van der Waals surface area contributed by atoms with Crippen molar-refractivity contribution in [1.82, 2.24) is 15.1 Å². The molecule has 1 amide bonds. The van der Waals surface area contributed by atoms with E-state index in [9.17, 15) is 14.3 Å². The molecular weight excluding hydrogens is 421 g/mol. The lowest BCUT2D eigenvalue weighted by Crippen LogP contribution is -2.29. The fourth-order valence-electron chi connectivity index (χ4n) is 4.28. The minimum Gasteiger partial charge on any atom is -0.504 e. The van der Waals surface area contributed by atoms with E-state index in [2.05, 4.69) is 10.2 Å². The predicted octanol–water partition coefficient (Wildman–Crippen LogP) is 5.07. The van der Waals surface area contributed by atoms with Crippen molar-refractivity contribution < 1.29 is 19.0 Å². The molecule has 1 aliphatic heterocycles. The number of amides is 1. The van der Waals surface area contributed by atoms with Crippen molar-refractivity contribution >= 4 is 5.91 Å². The summed E-state index contributed by atoms with van der Waals surface area (Å²) in [4.78, 5) is 15.2. The van der Waals surface area contributed by atoms with Gasteiger partial charge in [-0.25, -0.2) is 4.39 Å². The number of aromatic hydroxyl groups is 1. The summed E-state index contributed by atoms with van der Waals surface area (Å²) in [6, 6.07) is 20.4. The highest BCUT2D eigenvalue weighted by Gasteiger charge is 2.42. The number of rotatable bonds is 6. The number of nitrogens with zero attached hydrogens (tertiary/aromatic N) is 2. The Bertz CT molecular complexity index is 1300. The molecule has 0 radical (unpaired) electrons. The van der Waals surface area contributed by atoms with Crippen LogP contribution in [0.4, 0.5) is 4.39 Å². The van der Waals surface area contributed by atoms with E-state index in [1.807, 2.05) is 37.3 Å². The van der Waals surface area contributed by atoms with E-state index in [-0.39, 0.29) is 24.0 Å². The summed E-state index contributed by atoms with van der Waals surface area (Å²) in [6.45, 7) is 2.52. The van der Waals surface area contributed by atoms with Crippen LogP contribution in [0.5, 0.6) is 11.5 Å². The second-order valence-electron chi connectivity index (χ2n) is 7.85. The lowest BCUT2D eigenvalue weighted by Gasteiger charge is -2.27. The quantitative estimate of drug-likeness (QED) is 0.436. The lowest BCUT2D eigenvalue weighted by atomic mass is 9.95. The molecule has 166 valence electrons. The van der Waals surface area contributed by atoms with Gasteiger partial charge < -0.3 is 14.7 Å². The highest BCUT2D eigenvalue weighted by Crippen LogP contribution is 2.45. The van der Waals surface area contributed by atoms with Crippen LogP contribution in [0.15, 0.2) is 72.8 Å². The van der Waals surface area contributed by atoms with Gasteiger partial charge in [0.25, 0.3) is 5.91 Å². The van der Waals surface area contributed by atoms with Crippen molar-refractivity contribution in [1.29, 1.82) is 0 Å². The van der Waals surface area contributed by atoms with Crippen LogP contribution >= 0.6 is 0 Å². The van der Waals surface area contributed by atoms with Crippen molar-refractivity contribution in [2.24, 2.45) is 0 Å². The molecule has 0 aliphatic carbocycles. The van der Waals surface area contributed by atoms with Gasteiger partial charge in [-0.2, -0.15) is 5.10 Å². The third-order valence-electron chi connectivity index (χ3n) is 5.78. The van der Waals surface area contributed by atoms with E-state index in [1.54, 1.807) is 35.2 Å². The van der Waals surface area contributed by atoms with Gasteiger partial charge in [-0.1, -0.05) is 48.5 Å². The summed E-state index contributed by atoms with van der Waals surface area (Å²) >= 11 is 0. The Labute approximate surface area is 190 Å². The molecule has 6 nitrogen and oxygen atoms in total. The van der Waals surface area contributed by atoms with E-state index in [0.29, 0.717) is 23.7 Å². The van der Waals surface area contributed by atoms with E-state index in [0.717, 1.165) is 22.3 Å². The van der Waals surface area contributed by atoms with Gasteiger partial charge >= 0.3 is 0 Å². The second kappa shape index (κ2) is 8.43. The van der Waals surface area contributed by atoms with Crippen LogP contribution in [-0.2, 0) is 6.54 Å². The molecule has 0 spiro atoms. The first-order valence-corrected chi connectivity index (χ1v) is 10.7. The number of phenolic OH excluding ortho intramolecular Hbond substituents is 1. The third-order valence-corrected chi connectivity index (χ3v) is 5.78. The Morgan fingerprint density at radius 3 is 2.58 bits per heavy atom. The average Bonchev–Trinajstić information content (AvgIpc) is 3.37. The molecule has 1 unspecified atom stereocenters. The van der Waals surface area contributed by atoms with Gasteiger partial charge in [0.15, 0.2) is 11.5 Å². The molecule has 2 heterocycles. The summed E-state index contributed by atoms with van der Waals surface area (Å²) in [7, 11) is 0. The van der Waals surface area contributed by atoms with Crippen LogP contribution in [0, 0.1) is 5.82 Å². The number of fused-ring (bicyclic) bond motifs is 1. The number of benzene rings is 3. The van der Waals surface area contributed by atoms with Gasteiger partial charge in [-0.3, -0.25) is 9.89 Å². The number of ether oxygens (including phenoxy) is 1. The standard InChI is InChI=1S/C26H22FN3O3/c1-2-33-21-14-18(10-13-20(21)31)25-22-23(17-6-4-3-5-7-17)28-29-24(22)26(32)30(25)15-16-8-11-19(27)12-9-16/h3-14,25,31H,2,15H2,1H3,(H,28,29). The fourth-order valence-corrected chi connectivity index (χ4v) is 4.28. The maximum absolute atomic E-state index is 13.5. The van der Waals surface area contributed by atoms with Gasteiger partial charge in [0.1, 0.15) is 11.5 Å². The predicted molar refractivity (Wildman–Crippen MR) is 121 cm³/mol. The number of carbonyl (C=O) groups excluding carboxylic acids is 1. The molecule has 1 aromatic heterocycles. The summed E-state index contributed by atoms with van der Waals surface area (Å²) < 4.78 is 19.0. The number of phenols is 1. The number of halogens is 1. The van der Waals surface area contributed by atoms with Crippen LogP contribution in [0.25, 0.3) is 11.3 Å². The summed E-state index contributed by atoms with van der Waals surface area (Å²) in [5.74, 6) is -0.142. The summed E-state index contributed by atoms with van der Waals surface area (Å²) in [6.07, 6.45) is 0. The lowest BCUT2D eigenvalue weighted by molar-refractivity contribution is 0.0730. The monoisotopic (exact) mass is 443 g/mol. The molecule has 33 heavy (non-hydrogen) atoms. The summed E-state index contributed by atoms with van der Waals surface area (Å²) in [5.41, 5.74) is 4.35. The molecule has 7 heteroatoms. The molecule has 0 saturated heterocycles. The van der Waals surface area contributed by atoms with Crippen LogP contribution in [0.1, 0.15) is 40.1 Å². The second-order valence-corrected chi connectivity index (χ2v) is 7.85. The number of hydrogen-bond acceptors (Lipinski definition) is 4. The summed E-state index contributed by atoms with van der Waals surface area (Å²) in [5, 5.41) is 17.6. The smallest absolute Gasteiger partial charge is 0.273 e. The van der Waals surface area contributed by atoms with Crippen molar-refractivity contribution in [2.45, 2.75) is 19.5 Å². The number of aromatic nitrogens is 2. The third kappa shape index (κ3) is 3.71. The van der Waals surface area contributed by atoms with Gasteiger partial charge in [0.2, 0.25) is 0 Å². The zero-order chi connectivity index (χ0) is 22.9. The Morgan fingerprint density at radius 1 is 1.09 bits per heavy atom. The zero-order valence-electron chi connectivity index (χ0n) is 18.0. The highest BCUT2D eigenvalue weighted by atomic mass is 19.1. The molecule has 1 atom stereocenters. The number of aromatic amines is 1. The molecular formula is C26H22FN3O3. The first-order chi connectivity index (χ1) is 16.1. The maximum atomic E-state index is 13.5. The molecule has 5 rings (SSSR count). The minimum absolute atomic E-state index is 0.0331. The Balaban J connectivity index is 1.65. The largest absolute Gasteiger partial charge is 0.504 e. The van der Waals surface area contributed by atoms with Gasteiger partial charge in [-0.15, -0.1) is 0 Å². The topological polar surface area (TPSA) is 78.5 Å². The van der Waals surface area contributed by atoms with Crippen molar-refractivity contribution in [3.05, 3.63) is 101 Å². The zero-order valence-corrected chi connectivity index (χ0v) is 18.0. The van der Waals surface area contributed by atoms with Crippen molar-refractivity contribution in [3.8, 4) is 22.8 Å². The molecule has 0 saturated carbocycles. The van der Waals surface area contributed by atoms with Gasteiger partial charge in [0, 0.05) is 17.7 Å². The van der Waals surface area contributed by atoms with Gasteiger partial charge in [-0.05, 0) is 42.3 Å². The van der Waals surface area contributed by atoms with E-state index >= 15 is 0 Å². The molecule has 4 aromatic rings. The normalized spacial score (nSPS) is 15.0. The van der Waals surface area contributed by atoms with Crippen LogP contribution in [-0.4, -0.2) is 32.7 Å². The van der Waals surface area contributed by atoms with Gasteiger partial charge in [0.05, 0.1) is 18.3 Å². The Morgan fingerprint density at radius 2 is 1.85 bits per heavy atom. The molecule has 2 N–H and O–H groups in total. The first kappa shape index (κ1) is 20.8. The molecule has 0 bridgehead atoms. The van der Waals surface area contributed by atoms with Crippen LogP contribution in [0.3, 0.4) is 0 Å². The Hall–Kier alpha value is -4.13. The SMILES string of the molecule is CCOc1cc(C2c3c(-c4ccccc4)n[nH]c3C(=O)N2Cc2ccc(F)cc2)ccc1O. The van der Waals surface area contributed by atoms with E-state index < -0.39 is 6.04 Å². The average molecular weight is 443 g/mol. The van der Waals surface area contributed by atoms with E-state index in [4.69, 9.17) is 4.74 Å². The van der Waals surface area contributed by atoms with Crippen LogP contribution in [0.2, 0.25) is 0 Å². The number of carbonyl (C=O) groups is 1. The van der Waals surface area contributed by atoms with Crippen LogP contribution < -0.4 is 4.74 Å². The number of H-pyrrole nitrogens is 1. The molecule has 0 fully saturated rings. The number of nitrogens with one attached hydrogen (secondary N) is 1. The molecule has 1 aliphatic rings. The van der Waals surface area contributed by atoms with E-state index in [1.165, 1.54) is 12.1 Å². The Kier molecular flexibility index (Phi) is 5.30. The fraction of sp³-hybridized carbons (Fsp3) is 0.154. The molecule has 3 aromatic carbocycles. The van der Waals surface area contributed by atoms with Crippen molar-refractivity contribution in [3.63, 3.8) is 0 Å². The van der Waals surface area contributed by atoms with Crippen molar-refractivity contribution in [2.75, 3.05) is 6.61 Å². The minimum atomic E-state index is -0.466. The highest BCUT2D eigenvalue weighted by molar-refractivity contribution is 6.00. The first-order valence-electron chi connectivity index (χ1n) is 10.7. The maximum Gasteiger partial charge on any atom is 0.273 e. The number of hydrogen-bond donors (Lipinski definition) is 2.